The number of carbonyl (C=O) groups is 1. The number of halogens is 1. The fourth-order valence-corrected chi connectivity index (χ4v) is 2.78. The van der Waals surface area contributed by atoms with Crippen molar-refractivity contribution in [3.8, 4) is 11.5 Å². The van der Waals surface area contributed by atoms with E-state index in [1.807, 2.05) is 26.0 Å². The maximum atomic E-state index is 12.1. The van der Waals surface area contributed by atoms with Crippen molar-refractivity contribution in [2.24, 2.45) is 0 Å². The van der Waals surface area contributed by atoms with Crippen LogP contribution in [0.4, 0.5) is 0 Å². The summed E-state index contributed by atoms with van der Waals surface area (Å²) in [5, 5.41) is 0. The molecule has 0 fully saturated rings. The molecule has 1 aliphatic rings. The van der Waals surface area contributed by atoms with E-state index in [4.69, 9.17) is 14.2 Å². The highest BCUT2D eigenvalue weighted by Gasteiger charge is 2.34. The fourth-order valence-electron chi connectivity index (χ4n) is 1.96. The maximum absolute atomic E-state index is 12.1. The summed E-state index contributed by atoms with van der Waals surface area (Å²) in [6, 6.07) is 3.68. The van der Waals surface area contributed by atoms with Crippen LogP contribution in [0.15, 0.2) is 16.6 Å². The third-order valence-electron chi connectivity index (χ3n) is 3.09. The molecule has 4 nitrogen and oxygen atoms in total. The first kappa shape index (κ1) is 14.2. The second-order valence-electron chi connectivity index (χ2n) is 4.82. The van der Waals surface area contributed by atoms with Crippen molar-refractivity contribution in [1.82, 2.24) is 0 Å². The second kappa shape index (κ2) is 5.41. The van der Waals surface area contributed by atoms with E-state index >= 15 is 0 Å². The molecule has 1 heterocycles. The number of carbonyl (C=O) groups excluding carboxylic acids is 1. The van der Waals surface area contributed by atoms with E-state index in [0.717, 1.165) is 10.0 Å². The Kier molecular flexibility index (Phi) is 4.04. The number of hydrogen-bond acceptors (Lipinski definition) is 4. The zero-order chi connectivity index (χ0) is 14.0. The van der Waals surface area contributed by atoms with E-state index in [0.29, 0.717) is 31.3 Å². The van der Waals surface area contributed by atoms with Crippen molar-refractivity contribution in [3.05, 3.63) is 22.2 Å². The first-order chi connectivity index (χ1) is 8.96. The van der Waals surface area contributed by atoms with E-state index in [9.17, 15) is 4.79 Å². The summed E-state index contributed by atoms with van der Waals surface area (Å²) in [5.41, 5.74) is 0.0835. The van der Waals surface area contributed by atoms with E-state index < -0.39 is 5.41 Å². The van der Waals surface area contributed by atoms with Gasteiger partial charge < -0.3 is 14.2 Å². The van der Waals surface area contributed by atoms with E-state index in [-0.39, 0.29) is 5.97 Å². The van der Waals surface area contributed by atoms with Crippen LogP contribution < -0.4 is 9.47 Å². The van der Waals surface area contributed by atoms with Gasteiger partial charge >= 0.3 is 5.97 Å². The van der Waals surface area contributed by atoms with Gasteiger partial charge in [-0.15, -0.1) is 0 Å². The lowest BCUT2D eigenvalue weighted by Gasteiger charge is -2.27. The average Bonchev–Trinajstić information content (AvgIpc) is 2.38. The summed E-state index contributed by atoms with van der Waals surface area (Å²) in [4.78, 5) is 12.1. The molecule has 1 aliphatic heterocycles. The first-order valence-electron chi connectivity index (χ1n) is 6.23. The second-order valence-corrected chi connectivity index (χ2v) is 5.68. The molecule has 0 radical (unpaired) electrons. The van der Waals surface area contributed by atoms with Gasteiger partial charge in [-0.1, -0.05) is 15.9 Å². The van der Waals surface area contributed by atoms with E-state index in [1.165, 1.54) is 0 Å². The molecule has 1 aromatic carbocycles. The SMILES string of the molecule is CCOC(=O)C(C)(C)c1cc2c(cc1Br)OCCO2. The lowest BCUT2D eigenvalue weighted by atomic mass is 9.84. The Morgan fingerprint density at radius 2 is 1.89 bits per heavy atom. The quantitative estimate of drug-likeness (QED) is 0.800. The van der Waals surface area contributed by atoms with Gasteiger partial charge in [0.25, 0.3) is 0 Å². The number of esters is 1. The maximum Gasteiger partial charge on any atom is 0.316 e. The minimum Gasteiger partial charge on any atom is -0.486 e. The molecule has 0 aliphatic carbocycles. The monoisotopic (exact) mass is 328 g/mol. The van der Waals surface area contributed by atoms with E-state index in [1.54, 1.807) is 6.92 Å². The Hall–Kier alpha value is -1.23. The Bertz CT molecular complexity index is 496. The van der Waals surface area contributed by atoms with Crippen molar-refractivity contribution in [3.63, 3.8) is 0 Å². The summed E-state index contributed by atoms with van der Waals surface area (Å²) in [6.07, 6.45) is 0. The standard InChI is InChI=1S/C14H17BrO4/c1-4-17-13(16)14(2,3)9-7-11-12(8-10(9)15)19-6-5-18-11/h7-8H,4-6H2,1-3H3. The molecule has 1 aromatic rings. The fraction of sp³-hybridized carbons (Fsp3) is 0.500. The zero-order valence-corrected chi connectivity index (χ0v) is 12.9. The number of benzene rings is 1. The molecule has 104 valence electrons. The highest BCUT2D eigenvalue weighted by molar-refractivity contribution is 9.10. The molecule has 2 rings (SSSR count). The summed E-state index contributed by atoms with van der Waals surface area (Å²) >= 11 is 3.49. The van der Waals surface area contributed by atoms with Crippen molar-refractivity contribution in [2.45, 2.75) is 26.2 Å². The van der Waals surface area contributed by atoms with Gasteiger partial charge in [0.05, 0.1) is 12.0 Å². The van der Waals surface area contributed by atoms with Gasteiger partial charge in [0.2, 0.25) is 0 Å². The molecule has 0 saturated carbocycles. The average molecular weight is 329 g/mol. The summed E-state index contributed by atoms with van der Waals surface area (Å²) in [6.45, 7) is 6.90. The molecule has 0 spiro atoms. The predicted octanol–water partition coefficient (Wildman–Crippen LogP) is 3.06. The molecule has 5 heteroatoms. The van der Waals surface area contributed by atoms with Crippen molar-refractivity contribution < 1.29 is 19.0 Å². The molecule has 0 bridgehead atoms. The minimum atomic E-state index is -0.745. The molecule has 0 unspecified atom stereocenters. The van der Waals surface area contributed by atoms with Crippen LogP contribution in [-0.4, -0.2) is 25.8 Å². The molecular formula is C14H17BrO4. The summed E-state index contributed by atoms with van der Waals surface area (Å²) in [7, 11) is 0. The molecule has 19 heavy (non-hydrogen) atoms. The van der Waals surface area contributed by atoms with Crippen LogP contribution in [0.5, 0.6) is 11.5 Å². The molecule has 0 N–H and O–H groups in total. The topological polar surface area (TPSA) is 44.8 Å². The number of hydrogen-bond donors (Lipinski definition) is 0. The van der Waals surface area contributed by atoms with Gasteiger partial charge in [-0.25, -0.2) is 0 Å². The molecule has 0 saturated heterocycles. The van der Waals surface area contributed by atoms with Crippen LogP contribution in [0.3, 0.4) is 0 Å². The van der Waals surface area contributed by atoms with Crippen molar-refractivity contribution >= 4 is 21.9 Å². The Morgan fingerprint density at radius 1 is 1.32 bits per heavy atom. The highest BCUT2D eigenvalue weighted by Crippen LogP contribution is 2.40. The van der Waals surface area contributed by atoms with Crippen LogP contribution in [0.2, 0.25) is 0 Å². The van der Waals surface area contributed by atoms with E-state index in [2.05, 4.69) is 15.9 Å². The summed E-state index contributed by atoms with van der Waals surface area (Å²) in [5.74, 6) is 1.11. The number of rotatable bonds is 3. The van der Waals surface area contributed by atoms with Gasteiger partial charge in [0.15, 0.2) is 11.5 Å². The number of fused-ring (bicyclic) bond motifs is 1. The van der Waals surface area contributed by atoms with Gasteiger partial charge in [-0.2, -0.15) is 0 Å². The highest BCUT2D eigenvalue weighted by atomic mass is 79.9. The zero-order valence-electron chi connectivity index (χ0n) is 11.3. The van der Waals surface area contributed by atoms with Crippen molar-refractivity contribution in [1.29, 1.82) is 0 Å². The molecular weight excluding hydrogens is 312 g/mol. The lowest BCUT2D eigenvalue weighted by molar-refractivity contribution is -0.148. The van der Waals surface area contributed by atoms with Crippen molar-refractivity contribution in [2.75, 3.05) is 19.8 Å². The molecule has 0 atom stereocenters. The van der Waals surface area contributed by atoms with Crippen LogP contribution in [0.1, 0.15) is 26.3 Å². The third kappa shape index (κ3) is 2.71. The smallest absolute Gasteiger partial charge is 0.316 e. The van der Waals surface area contributed by atoms with Crippen LogP contribution in [0.25, 0.3) is 0 Å². The minimum absolute atomic E-state index is 0.257. The normalized spacial score (nSPS) is 14.1. The van der Waals surface area contributed by atoms with Crippen LogP contribution in [0, 0.1) is 0 Å². The summed E-state index contributed by atoms with van der Waals surface area (Å²) < 4.78 is 17.0. The Morgan fingerprint density at radius 3 is 2.47 bits per heavy atom. The van der Waals surface area contributed by atoms with Crippen LogP contribution >= 0.6 is 15.9 Å². The third-order valence-corrected chi connectivity index (χ3v) is 3.75. The van der Waals surface area contributed by atoms with Gasteiger partial charge in [0, 0.05) is 4.47 Å². The van der Waals surface area contributed by atoms with Gasteiger partial charge in [0.1, 0.15) is 13.2 Å². The predicted molar refractivity (Wildman–Crippen MR) is 74.8 cm³/mol. The largest absolute Gasteiger partial charge is 0.486 e. The molecule has 0 aromatic heterocycles. The molecule has 0 amide bonds. The van der Waals surface area contributed by atoms with Gasteiger partial charge in [-0.3, -0.25) is 4.79 Å². The lowest BCUT2D eigenvalue weighted by Crippen LogP contribution is -2.31. The number of ether oxygens (including phenoxy) is 3. The Balaban J connectivity index is 2.41. The first-order valence-corrected chi connectivity index (χ1v) is 7.03. The van der Waals surface area contributed by atoms with Crippen LogP contribution in [-0.2, 0) is 14.9 Å². The Labute approximate surface area is 121 Å². The van der Waals surface area contributed by atoms with Gasteiger partial charge in [-0.05, 0) is 38.5 Å².